The van der Waals surface area contributed by atoms with E-state index in [1.54, 1.807) is 0 Å². The number of pyridine rings is 1. The summed E-state index contributed by atoms with van der Waals surface area (Å²) in [5.74, 6) is -1.52. The van der Waals surface area contributed by atoms with Gasteiger partial charge in [-0.3, -0.25) is 0 Å². The number of hydrogen-bond acceptors (Lipinski definition) is 3. The van der Waals surface area contributed by atoms with Crippen molar-refractivity contribution in [3.8, 4) is 5.88 Å². The summed E-state index contributed by atoms with van der Waals surface area (Å²) in [5.41, 5.74) is 5.23. The Hall–Kier alpha value is -1.39. The van der Waals surface area contributed by atoms with Crippen LogP contribution in [0.1, 0.15) is 25.7 Å². The van der Waals surface area contributed by atoms with Crippen molar-refractivity contribution in [2.45, 2.75) is 25.7 Å². The number of nitrogen functional groups attached to an aromatic ring is 1. The molecule has 0 saturated heterocycles. The molecular formula is C11H14F2N2O. The molecule has 1 saturated carbocycles. The van der Waals surface area contributed by atoms with Crippen LogP contribution in [0.25, 0.3) is 0 Å². The van der Waals surface area contributed by atoms with Crippen LogP contribution < -0.4 is 10.5 Å². The van der Waals surface area contributed by atoms with Gasteiger partial charge in [0.1, 0.15) is 0 Å². The van der Waals surface area contributed by atoms with Gasteiger partial charge in [0.05, 0.1) is 6.61 Å². The third-order valence-electron chi connectivity index (χ3n) is 2.91. The van der Waals surface area contributed by atoms with Crippen LogP contribution in [0.4, 0.5) is 14.6 Å². The molecule has 0 bridgehead atoms. The maximum Gasteiger partial charge on any atom is 0.252 e. The molecule has 0 radical (unpaired) electrons. The highest BCUT2D eigenvalue weighted by Gasteiger charge is 2.18. The van der Waals surface area contributed by atoms with Gasteiger partial charge in [-0.2, -0.15) is 4.98 Å². The summed E-state index contributed by atoms with van der Waals surface area (Å²) < 4.78 is 31.1. The van der Waals surface area contributed by atoms with E-state index in [9.17, 15) is 8.78 Å². The van der Waals surface area contributed by atoms with Crippen molar-refractivity contribution in [1.82, 2.24) is 4.98 Å². The van der Waals surface area contributed by atoms with Crippen LogP contribution in [-0.2, 0) is 0 Å². The van der Waals surface area contributed by atoms with Gasteiger partial charge >= 0.3 is 0 Å². The van der Waals surface area contributed by atoms with E-state index >= 15 is 0 Å². The maximum absolute atomic E-state index is 13.2. The molecule has 1 aliphatic rings. The molecule has 1 aromatic rings. The van der Waals surface area contributed by atoms with E-state index in [1.165, 1.54) is 19.3 Å². The molecular weight excluding hydrogens is 214 g/mol. The van der Waals surface area contributed by atoms with E-state index in [4.69, 9.17) is 10.5 Å². The average molecular weight is 228 g/mol. The van der Waals surface area contributed by atoms with Gasteiger partial charge in [-0.15, -0.1) is 0 Å². The number of ether oxygens (including phenoxy) is 1. The van der Waals surface area contributed by atoms with Crippen LogP contribution in [0.2, 0.25) is 0 Å². The zero-order valence-corrected chi connectivity index (χ0v) is 8.88. The summed E-state index contributed by atoms with van der Waals surface area (Å²) in [6.45, 7) is 0.402. The summed E-state index contributed by atoms with van der Waals surface area (Å²) in [5, 5.41) is 0. The smallest absolute Gasteiger partial charge is 0.252 e. The molecule has 16 heavy (non-hydrogen) atoms. The van der Waals surface area contributed by atoms with Crippen LogP contribution in [0, 0.1) is 17.6 Å². The van der Waals surface area contributed by atoms with E-state index < -0.39 is 11.6 Å². The van der Waals surface area contributed by atoms with Crippen molar-refractivity contribution in [3.05, 3.63) is 17.7 Å². The van der Waals surface area contributed by atoms with Crippen LogP contribution >= 0.6 is 0 Å². The number of rotatable bonds is 4. The van der Waals surface area contributed by atoms with Crippen molar-refractivity contribution < 1.29 is 13.5 Å². The van der Waals surface area contributed by atoms with Crippen LogP contribution in [0.3, 0.4) is 0 Å². The topological polar surface area (TPSA) is 48.1 Å². The lowest BCUT2D eigenvalue weighted by molar-refractivity contribution is 0.211. The lowest BCUT2D eigenvalue weighted by Gasteiger charge is -2.24. The Bertz CT molecular complexity index is 380. The Morgan fingerprint density at radius 3 is 2.75 bits per heavy atom. The molecule has 0 aromatic carbocycles. The third-order valence-corrected chi connectivity index (χ3v) is 2.91. The number of anilines is 1. The highest BCUT2D eigenvalue weighted by atomic mass is 19.1. The molecule has 88 valence electrons. The number of halogens is 2. The predicted molar refractivity (Wildman–Crippen MR) is 56.0 cm³/mol. The molecule has 3 nitrogen and oxygen atoms in total. The first-order valence-corrected chi connectivity index (χ1v) is 5.41. The third kappa shape index (κ3) is 2.40. The molecule has 5 heteroatoms. The Kier molecular flexibility index (Phi) is 3.22. The van der Waals surface area contributed by atoms with E-state index in [2.05, 4.69) is 4.98 Å². The van der Waals surface area contributed by atoms with E-state index in [0.717, 1.165) is 6.42 Å². The number of nitrogens with two attached hydrogens (primary N) is 1. The standard InChI is InChI=1S/C11H14F2N2O/c12-8-6-9(13)11(15-10(8)14)16-5-4-7-2-1-3-7/h6-7H,1-5H2,(H2,14,15). The summed E-state index contributed by atoms with van der Waals surface area (Å²) in [4.78, 5) is 3.52. The van der Waals surface area contributed by atoms with Gasteiger partial charge in [0.2, 0.25) is 0 Å². The maximum atomic E-state index is 13.2. The quantitative estimate of drug-likeness (QED) is 0.861. The minimum atomic E-state index is -0.858. The van der Waals surface area contributed by atoms with Crippen LogP contribution in [0.15, 0.2) is 6.07 Å². The lowest BCUT2D eigenvalue weighted by Crippen LogP contribution is -2.15. The fourth-order valence-electron chi connectivity index (χ4n) is 1.67. The van der Waals surface area contributed by atoms with Gasteiger partial charge in [-0.1, -0.05) is 19.3 Å². The molecule has 0 aliphatic heterocycles. The highest BCUT2D eigenvalue weighted by molar-refractivity contribution is 5.34. The normalized spacial score (nSPS) is 15.9. The van der Waals surface area contributed by atoms with Gasteiger partial charge in [-0.25, -0.2) is 8.78 Å². The molecule has 0 amide bonds. The van der Waals surface area contributed by atoms with Gasteiger partial charge in [0.15, 0.2) is 17.5 Å². The zero-order valence-electron chi connectivity index (χ0n) is 8.88. The van der Waals surface area contributed by atoms with Crippen molar-refractivity contribution >= 4 is 5.82 Å². The SMILES string of the molecule is Nc1nc(OCCC2CCC2)c(F)cc1F. The molecule has 2 rings (SSSR count). The Balaban J connectivity index is 1.90. The van der Waals surface area contributed by atoms with Crippen LogP contribution in [0.5, 0.6) is 5.88 Å². The molecule has 2 N–H and O–H groups in total. The minimum Gasteiger partial charge on any atom is -0.476 e. The number of nitrogens with zero attached hydrogens (tertiary/aromatic N) is 1. The van der Waals surface area contributed by atoms with Crippen LogP contribution in [-0.4, -0.2) is 11.6 Å². The minimum absolute atomic E-state index is 0.210. The van der Waals surface area contributed by atoms with Gasteiger partial charge in [0, 0.05) is 6.07 Å². The van der Waals surface area contributed by atoms with Crippen molar-refractivity contribution in [2.24, 2.45) is 5.92 Å². The van der Waals surface area contributed by atoms with Crippen molar-refractivity contribution in [3.63, 3.8) is 0 Å². The molecule has 1 aliphatic carbocycles. The predicted octanol–water partition coefficient (Wildman–Crippen LogP) is 2.51. The lowest BCUT2D eigenvalue weighted by atomic mass is 9.83. The molecule has 0 atom stereocenters. The van der Waals surface area contributed by atoms with Crippen molar-refractivity contribution in [2.75, 3.05) is 12.3 Å². The van der Waals surface area contributed by atoms with E-state index in [-0.39, 0.29) is 11.7 Å². The molecule has 0 spiro atoms. The fraction of sp³-hybridized carbons (Fsp3) is 0.545. The fourth-order valence-corrected chi connectivity index (χ4v) is 1.67. The number of aromatic nitrogens is 1. The molecule has 0 unspecified atom stereocenters. The second-order valence-corrected chi connectivity index (χ2v) is 4.08. The summed E-state index contributed by atoms with van der Waals surface area (Å²) >= 11 is 0. The largest absolute Gasteiger partial charge is 0.476 e. The summed E-state index contributed by atoms with van der Waals surface area (Å²) in [6, 6.07) is 0.695. The molecule has 1 aromatic heterocycles. The molecule has 1 heterocycles. The first-order chi connectivity index (χ1) is 7.66. The van der Waals surface area contributed by atoms with Gasteiger partial charge < -0.3 is 10.5 Å². The van der Waals surface area contributed by atoms with E-state index in [1.807, 2.05) is 0 Å². The first kappa shape index (κ1) is 11.1. The Morgan fingerprint density at radius 1 is 1.38 bits per heavy atom. The summed E-state index contributed by atoms with van der Waals surface area (Å²) in [6.07, 6.45) is 4.58. The molecule has 1 fully saturated rings. The first-order valence-electron chi connectivity index (χ1n) is 5.41. The number of hydrogen-bond donors (Lipinski definition) is 1. The van der Waals surface area contributed by atoms with Gasteiger partial charge in [0.25, 0.3) is 5.88 Å². The van der Waals surface area contributed by atoms with E-state index in [0.29, 0.717) is 18.6 Å². The van der Waals surface area contributed by atoms with Gasteiger partial charge in [-0.05, 0) is 12.3 Å². The second kappa shape index (κ2) is 4.63. The zero-order chi connectivity index (χ0) is 11.5. The summed E-state index contributed by atoms with van der Waals surface area (Å²) in [7, 11) is 0. The highest BCUT2D eigenvalue weighted by Crippen LogP contribution is 2.29. The average Bonchev–Trinajstić information content (AvgIpc) is 2.17. The monoisotopic (exact) mass is 228 g/mol. The Morgan fingerprint density at radius 2 is 2.12 bits per heavy atom. The van der Waals surface area contributed by atoms with Crippen molar-refractivity contribution in [1.29, 1.82) is 0 Å². The second-order valence-electron chi connectivity index (χ2n) is 4.08. The Labute approximate surface area is 92.6 Å².